The number of ether oxygens (including phenoxy) is 1. The van der Waals surface area contributed by atoms with Gasteiger partial charge in [0.2, 0.25) is 11.8 Å². The zero-order valence-corrected chi connectivity index (χ0v) is 16.4. The molecule has 0 aliphatic carbocycles. The van der Waals surface area contributed by atoms with Crippen molar-refractivity contribution in [3.8, 4) is 11.4 Å². The Bertz CT molecular complexity index is 836. The number of methoxy groups -OCH3 is 1. The molecule has 2 N–H and O–H groups in total. The smallest absolute Gasteiger partial charge is 0.249 e. The van der Waals surface area contributed by atoms with Crippen molar-refractivity contribution in [1.29, 1.82) is 0 Å². The molecule has 0 saturated carbocycles. The molecule has 0 fully saturated rings. The molecule has 1 heterocycles. The van der Waals surface area contributed by atoms with E-state index in [1.54, 1.807) is 13.3 Å². The molecule has 0 unspecified atom stereocenters. The maximum atomic E-state index is 11.8. The van der Waals surface area contributed by atoms with E-state index in [4.69, 9.17) is 4.74 Å². The number of hydrogen-bond acceptors (Lipinski definition) is 4. The number of benzene rings is 1. The topological polar surface area (TPSA) is 84.7 Å². The largest absolute Gasteiger partial charge is 0.497 e. The van der Waals surface area contributed by atoms with Crippen molar-refractivity contribution < 1.29 is 14.3 Å². The van der Waals surface area contributed by atoms with Gasteiger partial charge in [0, 0.05) is 28.7 Å². The third kappa shape index (κ3) is 5.44. The molecule has 0 saturated heterocycles. The Labute approximate surface area is 159 Å². The maximum Gasteiger partial charge on any atom is 0.249 e. The average Bonchev–Trinajstić information content (AvgIpc) is 2.88. The van der Waals surface area contributed by atoms with E-state index >= 15 is 0 Å². The van der Waals surface area contributed by atoms with Crippen molar-refractivity contribution in [3.05, 3.63) is 47.3 Å². The van der Waals surface area contributed by atoms with Crippen LogP contribution in [0.3, 0.4) is 0 Å². The van der Waals surface area contributed by atoms with E-state index in [0.29, 0.717) is 0 Å². The summed E-state index contributed by atoms with van der Waals surface area (Å²) in [5, 5.41) is 6.64. The van der Waals surface area contributed by atoms with Gasteiger partial charge in [0.15, 0.2) is 0 Å². The van der Waals surface area contributed by atoms with Crippen LogP contribution in [-0.2, 0) is 9.59 Å². The Hall–Kier alpha value is -3.09. The minimum Gasteiger partial charge on any atom is -0.497 e. The van der Waals surface area contributed by atoms with Crippen molar-refractivity contribution in [2.45, 2.75) is 40.2 Å². The van der Waals surface area contributed by atoms with Crippen molar-refractivity contribution in [2.24, 2.45) is 5.10 Å². The standard InChI is InChI=1S/C20H26N4O3/c1-13(2)22-19(25)11-20(26)23-21-12-16-10-14(3)24(15(16)4)17-6-8-18(27-5)9-7-17/h6-10,12-13H,11H2,1-5H3,(H,22,25)(H,23,26)/b21-12+. The van der Waals surface area contributed by atoms with Crippen LogP contribution in [0.2, 0.25) is 0 Å². The summed E-state index contributed by atoms with van der Waals surface area (Å²) in [7, 11) is 1.64. The number of nitrogens with one attached hydrogen (secondary N) is 2. The number of amides is 2. The van der Waals surface area contributed by atoms with Gasteiger partial charge in [0.1, 0.15) is 12.2 Å². The van der Waals surface area contributed by atoms with Crippen LogP contribution in [0.1, 0.15) is 37.2 Å². The van der Waals surface area contributed by atoms with Crippen LogP contribution < -0.4 is 15.5 Å². The van der Waals surface area contributed by atoms with Crippen LogP contribution >= 0.6 is 0 Å². The highest BCUT2D eigenvalue weighted by molar-refractivity contribution is 5.97. The zero-order valence-electron chi connectivity index (χ0n) is 16.4. The molecule has 27 heavy (non-hydrogen) atoms. The van der Waals surface area contributed by atoms with Gasteiger partial charge in [-0.05, 0) is 58.0 Å². The van der Waals surface area contributed by atoms with E-state index in [1.807, 2.05) is 58.0 Å². The summed E-state index contributed by atoms with van der Waals surface area (Å²) in [5.41, 5.74) is 6.33. The van der Waals surface area contributed by atoms with Crippen LogP contribution in [0.15, 0.2) is 35.4 Å². The average molecular weight is 370 g/mol. The van der Waals surface area contributed by atoms with Crippen LogP contribution in [0.4, 0.5) is 0 Å². The number of nitrogens with zero attached hydrogens (tertiary/aromatic N) is 2. The highest BCUT2D eigenvalue weighted by Gasteiger charge is 2.11. The Kier molecular flexibility index (Phi) is 6.76. The summed E-state index contributed by atoms with van der Waals surface area (Å²) in [6.45, 7) is 7.67. The summed E-state index contributed by atoms with van der Waals surface area (Å²) < 4.78 is 7.29. The first-order valence-corrected chi connectivity index (χ1v) is 8.76. The molecule has 2 aromatic rings. The second-order valence-corrected chi connectivity index (χ2v) is 6.55. The lowest BCUT2D eigenvalue weighted by Gasteiger charge is -2.10. The molecule has 0 aliphatic rings. The summed E-state index contributed by atoms with van der Waals surface area (Å²) in [4.78, 5) is 23.3. The molecule has 2 rings (SSSR count). The molecule has 0 radical (unpaired) electrons. The highest BCUT2D eigenvalue weighted by Crippen LogP contribution is 2.21. The molecule has 7 heteroatoms. The molecule has 0 atom stereocenters. The van der Waals surface area contributed by atoms with Gasteiger partial charge in [-0.1, -0.05) is 0 Å². The molecule has 1 aromatic carbocycles. The second kappa shape index (κ2) is 9.02. The first-order chi connectivity index (χ1) is 12.8. The minimum atomic E-state index is -0.451. The highest BCUT2D eigenvalue weighted by atomic mass is 16.5. The number of carbonyl (C=O) groups excluding carboxylic acids is 2. The molecule has 7 nitrogen and oxygen atoms in total. The maximum absolute atomic E-state index is 11.8. The van der Waals surface area contributed by atoms with Crippen molar-refractivity contribution >= 4 is 18.0 Å². The Morgan fingerprint density at radius 2 is 1.85 bits per heavy atom. The van der Waals surface area contributed by atoms with Gasteiger partial charge in [-0.3, -0.25) is 9.59 Å². The lowest BCUT2D eigenvalue weighted by atomic mass is 10.2. The first kappa shape index (κ1) is 20.2. The number of hydrazone groups is 1. The molecule has 1 aromatic heterocycles. The lowest BCUT2D eigenvalue weighted by molar-refractivity contribution is -0.129. The van der Waals surface area contributed by atoms with Crippen LogP contribution in [0, 0.1) is 13.8 Å². The normalized spacial score (nSPS) is 11.0. The number of carbonyl (C=O) groups is 2. The van der Waals surface area contributed by atoms with E-state index < -0.39 is 5.91 Å². The fraction of sp³-hybridized carbons (Fsp3) is 0.350. The molecular formula is C20H26N4O3. The van der Waals surface area contributed by atoms with Gasteiger partial charge in [-0.25, -0.2) is 5.43 Å². The van der Waals surface area contributed by atoms with Crippen molar-refractivity contribution in [3.63, 3.8) is 0 Å². The second-order valence-electron chi connectivity index (χ2n) is 6.55. The molecule has 144 valence electrons. The SMILES string of the molecule is COc1ccc(-n2c(C)cc(/C=N/NC(=O)CC(=O)NC(C)C)c2C)cc1. The molecule has 0 aliphatic heterocycles. The zero-order chi connectivity index (χ0) is 20.0. The molecule has 0 spiro atoms. The van der Waals surface area contributed by atoms with Gasteiger partial charge in [-0.15, -0.1) is 0 Å². The van der Waals surface area contributed by atoms with Gasteiger partial charge in [0.25, 0.3) is 0 Å². The predicted octanol–water partition coefficient (Wildman–Crippen LogP) is 2.47. The third-order valence-corrected chi connectivity index (χ3v) is 3.96. The van der Waals surface area contributed by atoms with Crippen molar-refractivity contribution in [1.82, 2.24) is 15.3 Å². The number of aromatic nitrogens is 1. The van der Waals surface area contributed by atoms with E-state index in [1.165, 1.54) is 0 Å². The molecule has 2 amide bonds. The Morgan fingerprint density at radius 1 is 1.19 bits per heavy atom. The van der Waals surface area contributed by atoms with Crippen molar-refractivity contribution in [2.75, 3.05) is 7.11 Å². The van der Waals surface area contributed by atoms with Crippen LogP contribution in [0.5, 0.6) is 5.75 Å². The summed E-state index contributed by atoms with van der Waals surface area (Å²) in [5.74, 6) is 0.0240. The van der Waals surface area contributed by atoms with Crippen LogP contribution in [-0.4, -0.2) is 35.7 Å². The number of aryl methyl sites for hydroxylation is 1. The fourth-order valence-electron chi connectivity index (χ4n) is 2.78. The van der Waals surface area contributed by atoms with Gasteiger partial charge in [-0.2, -0.15) is 5.10 Å². The van der Waals surface area contributed by atoms with E-state index in [9.17, 15) is 9.59 Å². The van der Waals surface area contributed by atoms with Gasteiger partial charge < -0.3 is 14.6 Å². The van der Waals surface area contributed by atoms with E-state index in [0.717, 1.165) is 28.4 Å². The van der Waals surface area contributed by atoms with Crippen LogP contribution in [0.25, 0.3) is 5.69 Å². The number of rotatable bonds is 7. The first-order valence-electron chi connectivity index (χ1n) is 8.76. The summed E-state index contributed by atoms with van der Waals surface area (Å²) in [6, 6.07) is 9.76. The fourth-order valence-corrected chi connectivity index (χ4v) is 2.78. The Balaban J connectivity index is 2.06. The quantitative estimate of drug-likeness (QED) is 0.446. The minimum absolute atomic E-state index is 0.00264. The van der Waals surface area contributed by atoms with E-state index in [2.05, 4.69) is 20.4 Å². The predicted molar refractivity (Wildman–Crippen MR) is 105 cm³/mol. The Morgan fingerprint density at radius 3 is 2.44 bits per heavy atom. The summed E-state index contributed by atoms with van der Waals surface area (Å²) in [6.07, 6.45) is 1.33. The van der Waals surface area contributed by atoms with Gasteiger partial charge in [0.05, 0.1) is 13.3 Å². The van der Waals surface area contributed by atoms with Gasteiger partial charge >= 0.3 is 0 Å². The lowest BCUT2D eigenvalue weighted by Crippen LogP contribution is -2.34. The summed E-state index contributed by atoms with van der Waals surface area (Å²) >= 11 is 0. The third-order valence-electron chi connectivity index (χ3n) is 3.96. The molecular weight excluding hydrogens is 344 g/mol. The number of hydrogen-bond donors (Lipinski definition) is 2. The van der Waals surface area contributed by atoms with E-state index in [-0.39, 0.29) is 18.4 Å². The molecule has 0 bridgehead atoms. The monoisotopic (exact) mass is 370 g/mol.